The third-order valence-electron chi connectivity index (χ3n) is 2.81. The van der Waals surface area contributed by atoms with Gasteiger partial charge in [-0.2, -0.15) is 0 Å². The maximum absolute atomic E-state index is 4.32. The van der Waals surface area contributed by atoms with Crippen molar-refractivity contribution in [3.05, 3.63) is 36.7 Å². The van der Waals surface area contributed by atoms with Gasteiger partial charge in [0.15, 0.2) is 0 Å². The summed E-state index contributed by atoms with van der Waals surface area (Å²) in [6, 6.07) is 0.890. The van der Waals surface area contributed by atoms with Gasteiger partial charge in [0.1, 0.15) is 0 Å². The Morgan fingerprint density at radius 3 is 2.85 bits per heavy atom. The summed E-state index contributed by atoms with van der Waals surface area (Å²) in [5.41, 5.74) is 0. The van der Waals surface area contributed by atoms with Gasteiger partial charge in [-0.1, -0.05) is 24.3 Å². The summed E-state index contributed by atoms with van der Waals surface area (Å²) in [6.45, 7) is 0. The second-order valence-corrected chi connectivity index (χ2v) is 3.50. The molecule has 0 N–H and O–H groups in total. The molecule has 0 radical (unpaired) electrons. The third kappa shape index (κ3) is 0.763. The number of imidazole rings is 1. The molecular weight excluding hydrogens is 162 g/mol. The Balaban J connectivity index is 2.15. The summed E-state index contributed by atoms with van der Waals surface area (Å²) in [5, 5.41) is 0. The largest absolute Gasteiger partial charge is 0.336 e. The van der Waals surface area contributed by atoms with Crippen LogP contribution < -0.4 is 4.90 Å². The number of aromatic nitrogens is 2. The van der Waals surface area contributed by atoms with Gasteiger partial charge in [0.2, 0.25) is 5.95 Å². The molecule has 0 amide bonds. The summed E-state index contributed by atoms with van der Waals surface area (Å²) < 4.78 is 2.21. The Kier molecular flexibility index (Phi) is 1.20. The van der Waals surface area contributed by atoms with Crippen LogP contribution in [0.1, 0.15) is 6.04 Å². The van der Waals surface area contributed by atoms with Crippen LogP contribution in [0.15, 0.2) is 36.7 Å². The molecule has 0 fully saturated rings. The fraction of sp³-hybridized carbons (Fsp3) is 0.300. The quantitative estimate of drug-likeness (QED) is 0.590. The molecule has 2 unspecified atom stereocenters. The maximum atomic E-state index is 4.32. The molecule has 0 spiro atoms. The molecule has 2 heterocycles. The monoisotopic (exact) mass is 173 g/mol. The number of hydrogen-bond donors (Lipinski definition) is 0. The molecular formula is C10H11N3. The summed E-state index contributed by atoms with van der Waals surface area (Å²) in [7, 11) is 2.09. The van der Waals surface area contributed by atoms with Gasteiger partial charge in [0.05, 0.1) is 12.1 Å². The summed E-state index contributed by atoms with van der Waals surface area (Å²) >= 11 is 0. The molecule has 1 aromatic heterocycles. The van der Waals surface area contributed by atoms with E-state index in [4.69, 9.17) is 0 Å². The first-order valence-electron chi connectivity index (χ1n) is 4.48. The average Bonchev–Trinajstić information content (AvgIpc) is 2.72. The van der Waals surface area contributed by atoms with Crippen molar-refractivity contribution in [2.45, 2.75) is 12.1 Å². The van der Waals surface area contributed by atoms with E-state index >= 15 is 0 Å². The lowest BCUT2D eigenvalue weighted by atomic mass is 10.0. The summed E-state index contributed by atoms with van der Waals surface area (Å²) in [4.78, 5) is 6.54. The molecule has 1 aliphatic carbocycles. The van der Waals surface area contributed by atoms with Crippen molar-refractivity contribution in [3.8, 4) is 0 Å². The first kappa shape index (κ1) is 6.95. The van der Waals surface area contributed by atoms with Gasteiger partial charge < -0.3 is 9.47 Å². The zero-order chi connectivity index (χ0) is 8.84. The lowest BCUT2D eigenvalue weighted by Gasteiger charge is -2.22. The number of fused-ring (bicyclic) bond motifs is 3. The van der Waals surface area contributed by atoms with Crippen LogP contribution in [0.4, 0.5) is 5.95 Å². The van der Waals surface area contributed by atoms with Crippen LogP contribution in [0.5, 0.6) is 0 Å². The summed E-state index contributed by atoms with van der Waals surface area (Å²) in [6.07, 6.45) is 12.5. The molecule has 3 rings (SSSR count). The standard InChI is InChI=1S/C10H11N3/c1-12-8-4-2-3-5-9(8)13-7-6-11-10(12)13/h2-9H,1H3. The number of nitrogens with zero attached hydrogens (tertiary/aromatic N) is 3. The van der Waals surface area contributed by atoms with E-state index in [0.29, 0.717) is 12.1 Å². The molecule has 3 heteroatoms. The fourth-order valence-electron chi connectivity index (χ4n) is 2.14. The van der Waals surface area contributed by atoms with Gasteiger partial charge in [0, 0.05) is 19.4 Å². The predicted octanol–water partition coefficient (Wildman–Crippen LogP) is 1.37. The Morgan fingerprint density at radius 1 is 1.23 bits per heavy atom. The lowest BCUT2D eigenvalue weighted by molar-refractivity contribution is 0.603. The van der Waals surface area contributed by atoms with Crippen LogP contribution in [-0.4, -0.2) is 22.6 Å². The predicted molar refractivity (Wildman–Crippen MR) is 51.7 cm³/mol. The van der Waals surface area contributed by atoms with Crippen LogP contribution in [0.3, 0.4) is 0 Å². The van der Waals surface area contributed by atoms with Crippen molar-refractivity contribution in [1.82, 2.24) is 9.55 Å². The minimum atomic E-state index is 0.437. The van der Waals surface area contributed by atoms with E-state index in [0.717, 1.165) is 5.95 Å². The van der Waals surface area contributed by atoms with Gasteiger partial charge in [-0.25, -0.2) is 4.98 Å². The fourth-order valence-corrected chi connectivity index (χ4v) is 2.14. The second-order valence-electron chi connectivity index (χ2n) is 3.50. The Morgan fingerprint density at radius 2 is 2.00 bits per heavy atom. The molecule has 1 aliphatic heterocycles. The van der Waals surface area contributed by atoms with Crippen LogP contribution in [0, 0.1) is 0 Å². The zero-order valence-electron chi connectivity index (χ0n) is 7.46. The van der Waals surface area contributed by atoms with Crippen molar-refractivity contribution >= 4 is 5.95 Å². The van der Waals surface area contributed by atoms with Gasteiger partial charge in [-0.3, -0.25) is 0 Å². The Hall–Kier alpha value is -1.51. The first-order chi connectivity index (χ1) is 6.38. The van der Waals surface area contributed by atoms with E-state index in [9.17, 15) is 0 Å². The van der Waals surface area contributed by atoms with Gasteiger partial charge in [-0.05, 0) is 0 Å². The number of allylic oxidation sites excluding steroid dienone is 2. The van der Waals surface area contributed by atoms with E-state index in [1.807, 2.05) is 12.4 Å². The SMILES string of the molecule is CN1c2nccn2C2C=CC=CC21. The van der Waals surface area contributed by atoms with Crippen molar-refractivity contribution in [2.75, 3.05) is 11.9 Å². The van der Waals surface area contributed by atoms with E-state index < -0.39 is 0 Å². The van der Waals surface area contributed by atoms with Crippen molar-refractivity contribution < 1.29 is 0 Å². The smallest absolute Gasteiger partial charge is 0.206 e. The van der Waals surface area contributed by atoms with Gasteiger partial charge >= 0.3 is 0 Å². The number of rotatable bonds is 0. The lowest BCUT2D eigenvalue weighted by Crippen LogP contribution is -2.29. The third-order valence-corrected chi connectivity index (χ3v) is 2.81. The van der Waals surface area contributed by atoms with E-state index in [2.05, 4.69) is 45.8 Å². The topological polar surface area (TPSA) is 21.1 Å². The molecule has 0 saturated heterocycles. The van der Waals surface area contributed by atoms with Crippen molar-refractivity contribution in [2.24, 2.45) is 0 Å². The van der Waals surface area contributed by atoms with Crippen molar-refractivity contribution in [3.63, 3.8) is 0 Å². The second kappa shape index (κ2) is 2.25. The molecule has 2 aliphatic rings. The Labute approximate surface area is 77.0 Å². The van der Waals surface area contributed by atoms with Gasteiger partial charge in [0.25, 0.3) is 0 Å². The molecule has 0 saturated carbocycles. The highest BCUT2D eigenvalue weighted by molar-refractivity contribution is 5.45. The number of hydrogen-bond acceptors (Lipinski definition) is 2. The maximum Gasteiger partial charge on any atom is 0.206 e. The molecule has 0 bridgehead atoms. The highest BCUT2D eigenvalue weighted by Crippen LogP contribution is 2.34. The Bertz CT molecular complexity index is 389. The van der Waals surface area contributed by atoms with Crippen LogP contribution in [0.2, 0.25) is 0 Å². The molecule has 66 valence electrons. The van der Waals surface area contributed by atoms with Gasteiger partial charge in [-0.15, -0.1) is 0 Å². The molecule has 3 nitrogen and oxygen atoms in total. The molecule has 1 aromatic rings. The average molecular weight is 173 g/mol. The minimum Gasteiger partial charge on any atom is -0.336 e. The van der Waals surface area contributed by atoms with Crippen LogP contribution in [-0.2, 0) is 0 Å². The highest BCUT2D eigenvalue weighted by atomic mass is 15.4. The van der Waals surface area contributed by atoms with Crippen LogP contribution >= 0.6 is 0 Å². The van der Waals surface area contributed by atoms with E-state index in [1.165, 1.54) is 0 Å². The minimum absolute atomic E-state index is 0.437. The summed E-state index contributed by atoms with van der Waals surface area (Å²) in [5.74, 6) is 1.06. The highest BCUT2D eigenvalue weighted by Gasteiger charge is 2.34. The van der Waals surface area contributed by atoms with Crippen molar-refractivity contribution in [1.29, 1.82) is 0 Å². The first-order valence-corrected chi connectivity index (χ1v) is 4.48. The molecule has 2 atom stereocenters. The molecule has 0 aromatic carbocycles. The molecule has 13 heavy (non-hydrogen) atoms. The normalized spacial score (nSPS) is 29.2. The number of anilines is 1. The zero-order valence-corrected chi connectivity index (χ0v) is 7.46. The number of likely N-dealkylation sites (N-methyl/N-ethyl adjacent to an activating group) is 1. The van der Waals surface area contributed by atoms with E-state index in [-0.39, 0.29) is 0 Å². The van der Waals surface area contributed by atoms with E-state index in [1.54, 1.807) is 0 Å². The van der Waals surface area contributed by atoms with Crippen LogP contribution in [0.25, 0.3) is 0 Å².